The summed E-state index contributed by atoms with van der Waals surface area (Å²) in [5, 5.41) is 0.438. The molecule has 3 nitrogen and oxygen atoms in total. The van der Waals surface area contributed by atoms with Crippen LogP contribution in [-0.4, -0.2) is 12.0 Å². The first-order valence-corrected chi connectivity index (χ1v) is 5.00. The van der Waals surface area contributed by atoms with Crippen LogP contribution in [0.2, 0.25) is 5.02 Å². The second-order valence-corrected chi connectivity index (χ2v) is 4.01. The zero-order chi connectivity index (χ0) is 11.0. The Morgan fingerprint density at radius 3 is 2.80 bits per heavy atom. The lowest BCUT2D eigenvalue weighted by molar-refractivity contribution is 0.609. The molecule has 2 atom stereocenters. The molecule has 0 radical (unpaired) electrons. The third-order valence-corrected chi connectivity index (χ3v) is 2.77. The van der Waals surface area contributed by atoms with Gasteiger partial charge >= 0.3 is 0 Å². The van der Waals surface area contributed by atoms with Crippen LogP contribution in [0.15, 0.2) is 23.2 Å². The van der Waals surface area contributed by atoms with Crippen LogP contribution in [-0.2, 0) is 0 Å². The summed E-state index contributed by atoms with van der Waals surface area (Å²) in [7, 11) is 0. The van der Waals surface area contributed by atoms with Crippen molar-refractivity contribution in [3.8, 4) is 0 Å². The van der Waals surface area contributed by atoms with E-state index in [2.05, 4.69) is 4.99 Å². The lowest BCUT2D eigenvalue weighted by atomic mass is 10.1. The van der Waals surface area contributed by atoms with E-state index in [0.717, 1.165) is 6.42 Å². The summed E-state index contributed by atoms with van der Waals surface area (Å²) in [6.07, 6.45) is 0.749. The molecule has 4 N–H and O–H groups in total. The highest BCUT2D eigenvalue weighted by molar-refractivity contribution is 6.31. The number of nitrogens with two attached hydrogens (primary N) is 2. The van der Waals surface area contributed by atoms with E-state index >= 15 is 0 Å². The average Bonchev–Trinajstić information content (AvgIpc) is 2.82. The third kappa shape index (κ3) is 2.04. The average molecular weight is 228 g/mol. The minimum atomic E-state index is -0.291. The molecule has 1 saturated carbocycles. The van der Waals surface area contributed by atoms with Crippen LogP contribution in [0, 0.1) is 5.82 Å². The second kappa shape index (κ2) is 3.70. The first-order valence-electron chi connectivity index (χ1n) is 4.62. The number of guanidine groups is 1. The highest BCUT2D eigenvalue weighted by atomic mass is 35.5. The summed E-state index contributed by atoms with van der Waals surface area (Å²) in [5.74, 6) is -0.239. The van der Waals surface area contributed by atoms with Crippen molar-refractivity contribution in [2.24, 2.45) is 16.5 Å². The van der Waals surface area contributed by atoms with E-state index in [9.17, 15) is 4.39 Å². The van der Waals surface area contributed by atoms with Crippen LogP contribution in [0.3, 0.4) is 0 Å². The van der Waals surface area contributed by atoms with Gasteiger partial charge in [-0.25, -0.2) is 9.38 Å². The molecule has 2 unspecified atom stereocenters. The van der Waals surface area contributed by atoms with Crippen LogP contribution >= 0.6 is 11.6 Å². The van der Waals surface area contributed by atoms with Gasteiger partial charge < -0.3 is 11.5 Å². The summed E-state index contributed by atoms with van der Waals surface area (Å²) >= 11 is 5.92. The van der Waals surface area contributed by atoms with Gasteiger partial charge in [0.1, 0.15) is 5.82 Å². The summed E-state index contributed by atoms with van der Waals surface area (Å²) in [6.45, 7) is 0. The van der Waals surface area contributed by atoms with Crippen molar-refractivity contribution >= 4 is 17.6 Å². The summed E-state index contributed by atoms with van der Waals surface area (Å²) in [6, 6.07) is 4.63. The van der Waals surface area contributed by atoms with E-state index < -0.39 is 0 Å². The lowest BCUT2D eigenvalue weighted by Crippen LogP contribution is -2.23. The Morgan fingerprint density at radius 2 is 2.20 bits per heavy atom. The maximum Gasteiger partial charge on any atom is 0.186 e. The Hall–Kier alpha value is -1.29. The van der Waals surface area contributed by atoms with Crippen LogP contribution in [0.5, 0.6) is 0 Å². The van der Waals surface area contributed by atoms with E-state index in [0.29, 0.717) is 10.6 Å². The van der Waals surface area contributed by atoms with Crippen LogP contribution < -0.4 is 11.5 Å². The number of nitrogens with zero attached hydrogens (tertiary/aromatic N) is 1. The van der Waals surface area contributed by atoms with Crippen molar-refractivity contribution in [3.63, 3.8) is 0 Å². The summed E-state index contributed by atoms with van der Waals surface area (Å²) in [5.41, 5.74) is 11.0. The van der Waals surface area contributed by atoms with Crippen molar-refractivity contribution in [2.45, 2.75) is 18.4 Å². The minimum Gasteiger partial charge on any atom is -0.370 e. The molecule has 80 valence electrons. The molecule has 0 aromatic heterocycles. The predicted octanol–water partition coefficient (Wildman–Crippen LogP) is 1.61. The van der Waals surface area contributed by atoms with Crippen LogP contribution in [0.25, 0.3) is 0 Å². The van der Waals surface area contributed by atoms with Gasteiger partial charge in [0, 0.05) is 16.5 Å². The fourth-order valence-corrected chi connectivity index (χ4v) is 1.99. The molecule has 5 heteroatoms. The number of rotatable bonds is 2. The molecule has 0 bridgehead atoms. The number of hydrogen-bond donors (Lipinski definition) is 2. The molecule has 1 aromatic carbocycles. The van der Waals surface area contributed by atoms with E-state index in [-0.39, 0.29) is 23.7 Å². The van der Waals surface area contributed by atoms with E-state index in [4.69, 9.17) is 23.1 Å². The van der Waals surface area contributed by atoms with Gasteiger partial charge in [-0.2, -0.15) is 0 Å². The lowest BCUT2D eigenvalue weighted by Gasteiger charge is -2.03. The van der Waals surface area contributed by atoms with Gasteiger partial charge in [-0.3, -0.25) is 0 Å². The topological polar surface area (TPSA) is 64.4 Å². The number of benzene rings is 1. The van der Waals surface area contributed by atoms with E-state index in [1.54, 1.807) is 12.1 Å². The fourth-order valence-electron chi connectivity index (χ4n) is 1.69. The van der Waals surface area contributed by atoms with Gasteiger partial charge in [-0.15, -0.1) is 0 Å². The molecule has 1 aromatic rings. The summed E-state index contributed by atoms with van der Waals surface area (Å²) in [4.78, 5) is 3.98. The zero-order valence-electron chi connectivity index (χ0n) is 7.95. The monoisotopic (exact) mass is 227 g/mol. The molecule has 15 heavy (non-hydrogen) atoms. The van der Waals surface area contributed by atoms with Crippen molar-refractivity contribution < 1.29 is 4.39 Å². The Bertz CT molecular complexity index is 395. The number of aliphatic imine (C=N–C) groups is 1. The fraction of sp³-hybridized carbons (Fsp3) is 0.300. The smallest absolute Gasteiger partial charge is 0.186 e. The summed E-state index contributed by atoms with van der Waals surface area (Å²) < 4.78 is 13.5. The minimum absolute atomic E-state index is 0.0146. The second-order valence-electron chi connectivity index (χ2n) is 3.60. The van der Waals surface area contributed by atoms with E-state index in [1.165, 1.54) is 6.07 Å². The number of hydrogen-bond acceptors (Lipinski definition) is 1. The molecule has 0 heterocycles. The first kappa shape index (κ1) is 10.2. The van der Waals surface area contributed by atoms with Crippen molar-refractivity contribution in [3.05, 3.63) is 34.6 Å². The molecule has 2 rings (SSSR count). The molecule has 0 aliphatic heterocycles. The Labute approximate surface area is 91.9 Å². The molecule has 1 aliphatic rings. The van der Waals surface area contributed by atoms with Crippen molar-refractivity contribution in [2.75, 3.05) is 0 Å². The van der Waals surface area contributed by atoms with Crippen molar-refractivity contribution in [1.29, 1.82) is 0 Å². The molecular formula is C10H11ClFN3. The molecule has 1 fully saturated rings. The number of halogens is 2. The van der Waals surface area contributed by atoms with Gasteiger partial charge in [-0.1, -0.05) is 17.7 Å². The SMILES string of the molecule is NC(N)=NC1CC1c1c(F)cccc1Cl. The van der Waals surface area contributed by atoms with Gasteiger partial charge in [0.15, 0.2) is 5.96 Å². The first-order chi connectivity index (χ1) is 7.09. The maximum atomic E-state index is 13.5. The van der Waals surface area contributed by atoms with Gasteiger partial charge in [0.2, 0.25) is 0 Å². The Kier molecular flexibility index (Phi) is 2.52. The van der Waals surface area contributed by atoms with Gasteiger partial charge in [-0.05, 0) is 18.6 Å². The highest BCUT2D eigenvalue weighted by Crippen LogP contribution is 2.46. The molecule has 1 aliphatic carbocycles. The normalized spacial score (nSPS) is 23.6. The Morgan fingerprint density at radius 1 is 1.47 bits per heavy atom. The molecule has 0 saturated heterocycles. The van der Waals surface area contributed by atoms with Gasteiger partial charge in [0.05, 0.1) is 6.04 Å². The highest BCUT2D eigenvalue weighted by Gasteiger charge is 2.41. The van der Waals surface area contributed by atoms with Crippen molar-refractivity contribution in [1.82, 2.24) is 0 Å². The largest absolute Gasteiger partial charge is 0.370 e. The van der Waals surface area contributed by atoms with E-state index in [1.807, 2.05) is 0 Å². The Balaban J connectivity index is 2.23. The maximum absolute atomic E-state index is 13.5. The molecule has 0 spiro atoms. The standard InChI is InChI=1S/C10H11ClFN3/c11-6-2-1-3-7(12)9(6)5-4-8(5)15-10(13)14/h1-3,5,8H,4H2,(H4,13,14,15). The third-order valence-electron chi connectivity index (χ3n) is 2.44. The quantitative estimate of drug-likeness (QED) is 0.596. The molecule has 0 amide bonds. The van der Waals surface area contributed by atoms with Crippen LogP contribution in [0.1, 0.15) is 17.9 Å². The zero-order valence-corrected chi connectivity index (χ0v) is 8.71. The molecular weight excluding hydrogens is 217 g/mol. The van der Waals surface area contributed by atoms with Crippen LogP contribution in [0.4, 0.5) is 4.39 Å². The van der Waals surface area contributed by atoms with Gasteiger partial charge in [0.25, 0.3) is 0 Å². The predicted molar refractivity (Wildman–Crippen MR) is 58.4 cm³/mol.